The predicted octanol–water partition coefficient (Wildman–Crippen LogP) is 6.56. The van der Waals surface area contributed by atoms with Crippen molar-refractivity contribution >= 4 is 62.3 Å². The Morgan fingerprint density at radius 1 is 0.900 bits per heavy atom. The summed E-state index contributed by atoms with van der Waals surface area (Å²) in [5, 5.41) is 3.97. The van der Waals surface area contributed by atoms with Crippen LogP contribution in [0.1, 0.15) is 39.7 Å². The number of nitrogens with one attached hydrogen (secondary N) is 1. The molecule has 0 fully saturated rings. The number of anilines is 1. The molecule has 0 heterocycles. The highest BCUT2D eigenvalue weighted by Gasteiger charge is 2.35. The quantitative estimate of drug-likeness (QED) is 0.277. The number of amides is 2. The normalized spacial score (nSPS) is 12.5. The summed E-state index contributed by atoms with van der Waals surface area (Å²) in [6.45, 7) is 6.68. The minimum Gasteiger partial charge on any atom is -0.350 e. The van der Waals surface area contributed by atoms with E-state index in [1.807, 2.05) is 20.8 Å². The molecule has 0 unspecified atom stereocenters. The van der Waals surface area contributed by atoms with Gasteiger partial charge in [-0.3, -0.25) is 13.9 Å². The highest BCUT2D eigenvalue weighted by molar-refractivity contribution is 7.92. The van der Waals surface area contributed by atoms with Crippen molar-refractivity contribution in [2.24, 2.45) is 0 Å². The SMILES string of the molecule is CC[C@@H](C(=O)NC(C)(C)C)N(Cc1ccc(Cl)cc1Cl)C(=O)CN(c1cccc(Cl)c1)S(=O)(=O)c1ccccc1. The van der Waals surface area contributed by atoms with Crippen molar-refractivity contribution in [2.75, 3.05) is 10.8 Å². The summed E-state index contributed by atoms with van der Waals surface area (Å²) >= 11 is 18.7. The average molecular weight is 625 g/mol. The number of halogens is 3. The van der Waals surface area contributed by atoms with E-state index in [1.54, 1.807) is 61.5 Å². The topological polar surface area (TPSA) is 86.8 Å². The van der Waals surface area contributed by atoms with Crippen molar-refractivity contribution in [1.82, 2.24) is 10.2 Å². The summed E-state index contributed by atoms with van der Waals surface area (Å²) < 4.78 is 28.6. The molecule has 0 bridgehead atoms. The third-order valence-corrected chi connectivity index (χ3v) is 8.56. The number of sulfonamides is 1. The van der Waals surface area contributed by atoms with E-state index in [0.29, 0.717) is 20.6 Å². The molecule has 0 spiro atoms. The fourth-order valence-corrected chi connectivity index (χ4v) is 6.17. The number of hydrogen-bond acceptors (Lipinski definition) is 4. The molecular weight excluding hydrogens is 593 g/mol. The van der Waals surface area contributed by atoms with Crippen LogP contribution in [0.25, 0.3) is 0 Å². The Kier molecular flexibility index (Phi) is 10.5. The Morgan fingerprint density at radius 2 is 1.55 bits per heavy atom. The lowest BCUT2D eigenvalue weighted by molar-refractivity contribution is -0.141. The molecule has 3 rings (SSSR count). The van der Waals surface area contributed by atoms with E-state index in [9.17, 15) is 18.0 Å². The van der Waals surface area contributed by atoms with E-state index >= 15 is 0 Å². The van der Waals surface area contributed by atoms with Crippen molar-refractivity contribution in [1.29, 1.82) is 0 Å². The van der Waals surface area contributed by atoms with Crippen LogP contribution in [0.3, 0.4) is 0 Å². The molecule has 0 aromatic heterocycles. The minimum absolute atomic E-state index is 0.00703. The van der Waals surface area contributed by atoms with E-state index in [4.69, 9.17) is 34.8 Å². The monoisotopic (exact) mass is 623 g/mol. The average Bonchev–Trinajstić information content (AvgIpc) is 2.87. The highest BCUT2D eigenvalue weighted by Crippen LogP contribution is 2.28. The van der Waals surface area contributed by atoms with E-state index in [2.05, 4.69) is 5.32 Å². The molecular formula is C29H32Cl3N3O4S. The number of carbonyl (C=O) groups is 2. The molecule has 0 saturated heterocycles. The van der Waals surface area contributed by atoms with Crippen LogP contribution in [-0.4, -0.2) is 43.3 Å². The summed E-state index contributed by atoms with van der Waals surface area (Å²) in [4.78, 5) is 28.8. The highest BCUT2D eigenvalue weighted by atomic mass is 35.5. The Bertz CT molecular complexity index is 1460. The maximum absolute atomic E-state index is 14.1. The van der Waals surface area contributed by atoms with Crippen molar-refractivity contribution in [3.8, 4) is 0 Å². The molecule has 0 aliphatic rings. The standard InChI is InChI=1S/C29H32Cl3N3O4S/c1-5-26(28(37)33-29(2,3)4)34(18-20-14-15-22(31)17-25(20)32)27(36)19-35(23-11-9-10-21(30)16-23)40(38,39)24-12-7-6-8-13-24/h6-17,26H,5,18-19H2,1-4H3,(H,33,37)/t26-/m0/s1. The number of hydrogen-bond donors (Lipinski definition) is 1. The van der Waals surface area contributed by atoms with Gasteiger partial charge in [0.15, 0.2) is 0 Å². The Balaban J connectivity index is 2.09. The molecule has 7 nitrogen and oxygen atoms in total. The smallest absolute Gasteiger partial charge is 0.264 e. The van der Waals surface area contributed by atoms with Gasteiger partial charge in [-0.05, 0) is 75.2 Å². The first-order valence-corrected chi connectivity index (χ1v) is 15.2. The Labute approximate surface area is 251 Å². The van der Waals surface area contributed by atoms with E-state index in [1.165, 1.54) is 23.1 Å². The van der Waals surface area contributed by atoms with Crippen LogP contribution >= 0.6 is 34.8 Å². The number of nitrogens with zero attached hydrogens (tertiary/aromatic N) is 2. The fraction of sp³-hybridized carbons (Fsp3) is 0.310. The van der Waals surface area contributed by atoms with Crippen LogP contribution in [0.5, 0.6) is 0 Å². The second-order valence-electron chi connectivity index (χ2n) is 10.2. The third-order valence-electron chi connectivity index (χ3n) is 5.95. The lowest BCUT2D eigenvalue weighted by Gasteiger charge is -2.35. The van der Waals surface area contributed by atoms with E-state index < -0.39 is 34.1 Å². The molecule has 1 N–H and O–H groups in total. The Morgan fingerprint density at radius 3 is 2.12 bits per heavy atom. The fourth-order valence-electron chi connectivity index (χ4n) is 4.09. The molecule has 1 atom stereocenters. The Hall–Kier alpha value is -2.78. The molecule has 0 aliphatic heterocycles. The van der Waals surface area contributed by atoms with Gasteiger partial charge < -0.3 is 10.2 Å². The number of benzene rings is 3. The van der Waals surface area contributed by atoms with Gasteiger partial charge >= 0.3 is 0 Å². The van der Waals surface area contributed by atoms with Gasteiger partial charge in [0, 0.05) is 27.2 Å². The first-order valence-electron chi connectivity index (χ1n) is 12.6. The third kappa shape index (κ3) is 8.13. The van der Waals surface area contributed by atoms with Gasteiger partial charge in [0.2, 0.25) is 11.8 Å². The molecule has 0 saturated carbocycles. The number of rotatable bonds is 10. The second kappa shape index (κ2) is 13.3. The molecule has 2 amide bonds. The van der Waals surface area contributed by atoms with Gasteiger partial charge in [0.05, 0.1) is 10.6 Å². The molecule has 0 aliphatic carbocycles. The molecule has 3 aromatic rings. The van der Waals surface area contributed by atoms with Crippen molar-refractivity contribution < 1.29 is 18.0 Å². The van der Waals surface area contributed by atoms with Crippen LogP contribution in [0.4, 0.5) is 5.69 Å². The van der Waals surface area contributed by atoms with Crippen LogP contribution in [-0.2, 0) is 26.2 Å². The summed E-state index contributed by atoms with van der Waals surface area (Å²) in [6.07, 6.45) is 0.279. The zero-order valence-electron chi connectivity index (χ0n) is 22.7. The van der Waals surface area contributed by atoms with Gasteiger partial charge in [0.1, 0.15) is 12.6 Å². The zero-order chi connectivity index (χ0) is 29.7. The van der Waals surface area contributed by atoms with Crippen molar-refractivity contribution in [3.05, 3.63) is 93.4 Å². The minimum atomic E-state index is -4.18. The van der Waals surface area contributed by atoms with Gasteiger partial charge in [-0.15, -0.1) is 0 Å². The van der Waals surface area contributed by atoms with E-state index in [-0.39, 0.29) is 29.5 Å². The van der Waals surface area contributed by atoms with Gasteiger partial charge in [-0.2, -0.15) is 0 Å². The predicted molar refractivity (Wildman–Crippen MR) is 161 cm³/mol. The lowest BCUT2D eigenvalue weighted by Crippen LogP contribution is -2.55. The summed E-state index contributed by atoms with van der Waals surface area (Å²) in [7, 11) is -4.18. The van der Waals surface area contributed by atoms with Gasteiger partial charge in [-0.1, -0.05) is 72.1 Å². The second-order valence-corrected chi connectivity index (χ2v) is 13.4. The van der Waals surface area contributed by atoms with Crippen molar-refractivity contribution in [2.45, 2.75) is 57.1 Å². The summed E-state index contributed by atoms with van der Waals surface area (Å²) in [5.41, 5.74) is 0.212. The molecule has 0 radical (unpaired) electrons. The zero-order valence-corrected chi connectivity index (χ0v) is 25.8. The van der Waals surface area contributed by atoms with Crippen molar-refractivity contribution in [3.63, 3.8) is 0 Å². The lowest BCUT2D eigenvalue weighted by atomic mass is 10.1. The summed E-state index contributed by atoms with van der Waals surface area (Å²) in [5.74, 6) is -0.963. The molecule has 214 valence electrons. The maximum Gasteiger partial charge on any atom is 0.264 e. The van der Waals surface area contributed by atoms with Gasteiger partial charge in [-0.25, -0.2) is 8.42 Å². The van der Waals surface area contributed by atoms with Crippen LogP contribution in [0.2, 0.25) is 15.1 Å². The largest absolute Gasteiger partial charge is 0.350 e. The number of carbonyl (C=O) groups excluding carboxylic acids is 2. The first kappa shape index (κ1) is 31.7. The molecule has 11 heteroatoms. The first-order chi connectivity index (χ1) is 18.7. The van der Waals surface area contributed by atoms with Gasteiger partial charge in [0.25, 0.3) is 10.0 Å². The van der Waals surface area contributed by atoms with Crippen LogP contribution < -0.4 is 9.62 Å². The molecule has 3 aromatic carbocycles. The van der Waals surface area contributed by atoms with E-state index in [0.717, 1.165) is 4.31 Å². The van der Waals surface area contributed by atoms with Crippen LogP contribution in [0, 0.1) is 0 Å². The van der Waals surface area contributed by atoms with Crippen LogP contribution in [0.15, 0.2) is 77.7 Å². The molecule has 40 heavy (non-hydrogen) atoms. The maximum atomic E-state index is 14.1. The summed E-state index contributed by atoms with van der Waals surface area (Å²) in [6, 6.07) is 18.0.